The maximum Gasteiger partial charge on any atom is 0.0822 e. The number of hydrogen-bond acceptors (Lipinski definition) is 4. The van der Waals surface area contributed by atoms with Crippen molar-refractivity contribution in [2.24, 2.45) is 0 Å². The molecule has 0 saturated carbocycles. The normalized spacial score (nSPS) is 21.3. The molecule has 0 radical (unpaired) electrons. The Labute approximate surface area is 126 Å². The fourth-order valence-corrected chi connectivity index (χ4v) is 3.68. The number of nitrogens with one attached hydrogen (secondary N) is 1. The van der Waals surface area contributed by atoms with Crippen molar-refractivity contribution in [2.45, 2.75) is 51.3 Å². The van der Waals surface area contributed by atoms with Crippen molar-refractivity contribution in [2.75, 3.05) is 25.2 Å². The van der Waals surface area contributed by atoms with E-state index in [1.807, 2.05) is 18.8 Å². The summed E-state index contributed by atoms with van der Waals surface area (Å²) < 4.78 is 8.01. The third-order valence-electron chi connectivity index (χ3n) is 4.07. The molecule has 1 saturated heterocycles. The van der Waals surface area contributed by atoms with Gasteiger partial charge in [-0.2, -0.15) is 16.9 Å². The van der Waals surface area contributed by atoms with Crippen molar-refractivity contribution in [3.8, 4) is 0 Å². The zero-order valence-electron chi connectivity index (χ0n) is 12.8. The van der Waals surface area contributed by atoms with E-state index in [0.717, 1.165) is 43.1 Å². The van der Waals surface area contributed by atoms with Gasteiger partial charge in [0.15, 0.2) is 0 Å². The summed E-state index contributed by atoms with van der Waals surface area (Å²) in [5, 5.41) is 8.15. The van der Waals surface area contributed by atoms with Crippen LogP contribution in [0.4, 0.5) is 0 Å². The average molecular weight is 297 g/mol. The molecule has 2 atom stereocenters. The first-order valence-electron chi connectivity index (χ1n) is 7.69. The van der Waals surface area contributed by atoms with Gasteiger partial charge in [0.25, 0.3) is 0 Å². The Morgan fingerprint density at radius 1 is 1.50 bits per heavy atom. The molecule has 2 unspecified atom stereocenters. The molecular weight excluding hydrogens is 270 g/mol. The maximum absolute atomic E-state index is 5.88. The number of hydrogen-bond donors (Lipinski definition) is 1. The Morgan fingerprint density at radius 2 is 2.30 bits per heavy atom. The van der Waals surface area contributed by atoms with E-state index in [2.05, 4.69) is 36.1 Å². The summed E-state index contributed by atoms with van der Waals surface area (Å²) in [4.78, 5) is 0. The van der Waals surface area contributed by atoms with E-state index in [9.17, 15) is 0 Å². The van der Waals surface area contributed by atoms with Crippen LogP contribution in [0.25, 0.3) is 0 Å². The molecule has 1 aromatic heterocycles. The number of aromatic nitrogens is 2. The van der Waals surface area contributed by atoms with Crippen molar-refractivity contribution in [1.82, 2.24) is 15.1 Å². The van der Waals surface area contributed by atoms with Crippen LogP contribution in [0.15, 0.2) is 12.3 Å². The number of ether oxygens (including phenoxy) is 1. The monoisotopic (exact) mass is 297 g/mol. The van der Waals surface area contributed by atoms with Crippen molar-refractivity contribution < 1.29 is 4.74 Å². The topological polar surface area (TPSA) is 39.1 Å². The van der Waals surface area contributed by atoms with Gasteiger partial charge in [-0.15, -0.1) is 0 Å². The highest BCUT2D eigenvalue weighted by Gasteiger charge is 2.24. The van der Waals surface area contributed by atoms with E-state index in [1.165, 1.54) is 0 Å². The van der Waals surface area contributed by atoms with E-state index < -0.39 is 0 Å². The zero-order valence-corrected chi connectivity index (χ0v) is 13.7. The molecule has 1 aromatic rings. The predicted molar refractivity (Wildman–Crippen MR) is 85.5 cm³/mol. The molecule has 20 heavy (non-hydrogen) atoms. The Bertz CT molecular complexity index is 386. The van der Waals surface area contributed by atoms with E-state index in [4.69, 9.17) is 9.84 Å². The molecule has 0 aliphatic carbocycles. The van der Waals surface area contributed by atoms with E-state index in [1.54, 1.807) is 0 Å². The number of nitrogens with zero attached hydrogens (tertiary/aromatic N) is 2. The molecule has 4 nitrogen and oxygen atoms in total. The molecule has 1 aliphatic heterocycles. The summed E-state index contributed by atoms with van der Waals surface area (Å²) >= 11 is 1.98. The van der Waals surface area contributed by atoms with Gasteiger partial charge >= 0.3 is 0 Å². The van der Waals surface area contributed by atoms with Gasteiger partial charge in [-0.05, 0) is 26.0 Å². The van der Waals surface area contributed by atoms with E-state index >= 15 is 0 Å². The van der Waals surface area contributed by atoms with E-state index in [0.29, 0.717) is 18.2 Å². The lowest BCUT2D eigenvalue weighted by Gasteiger charge is -2.29. The Morgan fingerprint density at radius 3 is 2.90 bits per heavy atom. The molecule has 1 N–H and O–H groups in total. The predicted octanol–water partition coefficient (Wildman–Crippen LogP) is 2.51. The molecule has 0 aromatic carbocycles. The quantitative estimate of drug-likeness (QED) is 0.839. The lowest BCUT2D eigenvalue weighted by molar-refractivity contribution is 0.0489. The lowest BCUT2D eigenvalue weighted by Crippen LogP contribution is -2.44. The summed E-state index contributed by atoms with van der Waals surface area (Å²) in [6.07, 6.45) is 5.63. The maximum atomic E-state index is 5.88. The molecule has 0 amide bonds. The molecule has 0 bridgehead atoms. The van der Waals surface area contributed by atoms with Gasteiger partial charge in [0.2, 0.25) is 0 Å². The van der Waals surface area contributed by atoms with Gasteiger partial charge in [0.05, 0.1) is 24.4 Å². The Hall–Kier alpha value is -0.520. The largest absolute Gasteiger partial charge is 0.375 e. The summed E-state index contributed by atoms with van der Waals surface area (Å²) in [7, 11) is 2.02. The Balaban J connectivity index is 1.96. The van der Waals surface area contributed by atoms with Crippen LogP contribution in [0.2, 0.25) is 0 Å². The first-order chi connectivity index (χ1) is 9.78. The van der Waals surface area contributed by atoms with Crippen LogP contribution < -0.4 is 5.32 Å². The number of rotatable bonds is 7. The third kappa shape index (κ3) is 3.99. The lowest BCUT2D eigenvalue weighted by atomic mass is 10.1. The molecule has 1 aliphatic rings. The van der Waals surface area contributed by atoms with Gasteiger partial charge in [-0.25, -0.2) is 0 Å². The average Bonchev–Trinajstić information content (AvgIpc) is 2.95. The minimum absolute atomic E-state index is 0.303. The van der Waals surface area contributed by atoms with Crippen LogP contribution in [0.1, 0.15) is 38.4 Å². The van der Waals surface area contributed by atoms with Crippen LogP contribution >= 0.6 is 11.8 Å². The number of likely N-dealkylation sites (N-methyl/N-ethyl adjacent to an activating group) is 1. The van der Waals surface area contributed by atoms with Crippen LogP contribution in [-0.2, 0) is 11.2 Å². The minimum atomic E-state index is 0.303. The smallest absolute Gasteiger partial charge is 0.0822 e. The van der Waals surface area contributed by atoms with E-state index in [-0.39, 0.29) is 0 Å². The fraction of sp³-hybridized carbons (Fsp3) is 0.800. The molecule has 2 rings (SSSR count). The summed E-state index contributed by atoms with van der Waals surface area (Å²) in [5.74, 6) is 2.20. The molecule has 0 spiro atoms. The van der Waals surface area contributed by atoms with Gasteiger partial charge in [-0.1, -0.05) is 13.8 Å². The van der Waals surface area contributed by atoms with Crippen molar-refractivity contribution >= 4 is 11.8 Å². The van der Waals surface area contributed by atoms with Gasteiger partial charge < -0.3 is 10.1 Å². The second kappa shape index (κ2) is 8.05. The van der Waals surface area contributed by atoms with Gasteiger partial charge in [0, 0.05) is 30.2 Å². The van der Waals surface area contributed by atoms with Crippen LogP contribution in [0, 0.1) is 0 Å². The Kier molecular flexibility index (Phi) is 6.39. The molecular formula is C15H27N3OS. The highest BCUT2D eigenvalue weighted by Crippen LogP contribution is 2.19. The minimum Gasteiger partial charge on any atom is -0.375 e. The fourth-order valence-electron chi connectivity index (χ4n) is 2.74. The highest BCUT2D eigenvalue weighted by molar-refractivity contribution is 7.99. The van der Waals surface area contributed by atoms with Crippen molar-refractivity contribution in [3.05, 3.63) is 18.0 Å². The summed E-state index contributed by atoms with van der Waals surface area (Å²) in [6, 6.07) is 3.03. The summed E-state index contributed by atoms with van der Waals surface area (Å²) in [5.41, 5.74) is 1.16. The van der Waals surface area contributed by atoms with Gasteiger partial charge in [0.1, 0.15) is 0 Å². The third-order valence-corrected chi connectivity index (χ3v) is 5.09. The van der Waals surface area contributed by atoms with Crippen molar-refractivity contribution in [1.29, 1.82) is 0 Å². The van der Waals surface area contributed by atoms with Crippen molar-refractivity contribution in [3.63, 3.8) is 0 Å². The second-order valence-electron chi connectivity index (χ2n) is 5.34. The SMILES string of the molecule is CCC(CC)n1ccc(CC(NC)C2CSCCO2)n1. The second-order valence-corrected chi connectivity index (χ2v) is 6.49. The first-order valence-corrected chi connectivity index (χ1v) is 8.84. The standard InChI is InChI=1S/C15H27N3OS/c1-4-13(5-2)18-7-6-12(17-18)10-14(16-3)15-11-20-9-8-19-15/h6-7,13-16H,4-5,8-11H2,1-3H3. The molecule has 5 heteroatoms. The van der Waals surface area contributed by atoms with Crippen LogP contribution in [0.5, 0.6) is 0 Å². The molecule has 2 heterocycles. The number of thioether (sulfide) groups is 1. The van der Waals surface area contributed by atoms with Crippen LogP contribution in [0.3, 0.4) is 0 Å². The highest BCUT2D eigenvalue weighted by atomic mass is 32.2. The van der Waals surface area contributed by atoms with Gasteiger partial charge in [-0.3, -0.25) is 4.68 Å². The zero-order chi connectivity index (χ0) is 14.4. The van der Waals surface area contributed by atoms with Crippen LogP contribution in [-0.4, -0.2) is 47.1 Å². The molecule has 114 valence electrons. The summed E-state index contributed by atoms with van der Waals surface area (Å²) in [6.45, 7) is 5.31. The molecule has 1 fully saturated rings. The first kappa shape index (κ1) is 15.9.